The normalized spacial score (nSPS) is 14.5. The van der Waals surface area contributed by atoms with Gasteiger partial charge in [0.1, 0.15) is 5.01 Å². The molecule has 0 unspecified atom stereocenters. The van der Waals surface area contributed by atoms with Crippen LogP contribution in [0.5, 0.6) is 0 Å². The average Bonchev–Trinajstić information content (AvgIpc) is 3.37. The Balaban J connectivity index is 1.46. The first-order valence-corrected chi connectivity index (χ1v) is 11.7. The van der Waals surface area contributed by atoms with E-state index >= 15 is 0 Å². The molecule has 0 aliphatic carbocycles. The molecule has 0 amide bonds. The number of thioether (sulfide) groups is 1. The minimum Gasteiger partial charge on any atom is -0.341 e. The zero-order valence-corrected chi connectivity index (χ0v) is 18.2. The van der Waals surface area contributed by atoms with Gasteiger partial charge >= 0.3 is 0 Å². The Kier molecular flexibility index (Phi) is 5.26. The molecule has 0 spiro atoms. The fraction of sp³-hybridized carbons (Fsp3) is 0.350. The van der Waals surface area contributed by atoms with Gasteiger partial charge in [0.2, 0.25) is 10.9 Å². The number of piperidine rings is 1. The van der Waals surface area contributed by atoms with Gasteiger partial charge < -0.3 is 4.90 Å². The molecule has 1 fully saturated rings. The molecule has 0 atom stereocenters. The van der Waals surface area contributed by atoms with Crippen LogP contribution in [0.4, 0.5) is 5.95 Å². The number of fused-ring (bicyclic) bond motifs is 1. The summed E-state index contributed by atoms with van der Waals surface area (Å²) in [5.74, 6) is 1.48. The Bertz CT molecular complexity index is 1230. The van der Waals surface area contributed by atoms with Crippen molar-refractivity contribution in [3.05, 3.63) is 57.5 Å². The molecule has 1 aromatic carbocycles. The summed E-state index contributed by atoms with van der Waals surface area (Å²) < 4.78 is 3.49. The molecular weight excluding hydrogens is 418 g/mol. The van der Waals surface area contributed by atoms with Gasteiger partial charge in [-0.05, 0) is 38.3 Å². The Morgan fingerprint density at radius 2 is 1.90 bits per heavy atom. The molecule has 3 aromatic heterocycles. The van der Waals surface area contributed by atoms with Crippen LogP contribution in [0.3, 0.4) is 0 Å². The lowest BCUT2D eigenvalue weighted by molar-refractivity contribution is 0.564. The summed E-state index contributed by atoms with van der Waals surface area (Å²) in [7, 11) is 0. The van der Waals surface area contributed by atoms with Crippen LogP contribution in [0.25, 0.3) is 10.6 Å². The van der Waals surface area contributed by atoms with Gasteiger partial charge in [0.15, 0.2) is 5.16 Å². The first kappa shape index (κ1) is 19.3. The molecule has 0 radical (unpaired) electrons. The third-order valence-corrected chi connectivity index (χ3v) is 7.04. The highest BCUT2D eigenvalue weighted by Crippen LogP contribution is 2.30. The van der Waals surface area contributed by atoms with Gasteiger partial charge in [-0.3, -0.25) is 9.36 Å². The highest BCUT2D eigenvalue weighted by atomic mass is 32.2. The van der Waals surface area contributed by atoms with E-state index in [1.54, 1.807) is 11.8 Å². The molecule has 10 heteroatoms. The number of nitrogens with zero attached hydrogens (tertiary/aromatic N) is 7. The third kappa shape index (κ3) is 3.72. The highest BCUT2D eigenvalue weighted by molar-refractivity contribution is 7.98. The number of benzene rings is 1. The molecule has 1 aliphatic rings. The number of anilines is 1. The van der Waals surface area contributed by atoms with Gasteiger partial charge in [0, 0.05) is 24.8 Å². The van der Waals surface area contributed by atoms with E-state index in [1.165, 1.54) is 41.2 Å². The standard InChI is InChI=1S/C20H21N7OS2/c1-14-12-17(28)27-19(21-14)30-16(24-27)13-29-20-23-22-18(25-10-6-3-7-11-25)26(20)15-8-4-2-5-9-15/h2,4-5,8-9,12H,3,6-7,10-11,13H2,1H3. The van der Waals surface area contributed by atoms with Crippen LogP contribution >= 0.6 is 23.1 Å². The lowest BCUT2D eigenvalue weighted by atomic mass is 10.1. The Labute approximate surface area is 181 Å². The average molecular weight is 440 g/mol. The van der Waals surface area contributed by atoms with Crippen LogP contribution < -0.4 is 10.5 Å². The SMILES string of the molecule is Cc1cc(=O)n2nc(CSc3nnc(N4CCCCC4)n3-c3ccccc3)sc2n1. The highest BCUT2D eigenvalue weighted by Gasteiger charge is 2.22. The van der Waals surface area contributed by atoms with E-state index in [1.807, 2.05) is 25.1 Å². The van der Waals surface area contributed by atoms with Crippen LogP contribution in [-0.2, 0) is 5.75 Å². The minimum absolute atomic E-state index is 0.148. The van der Waals surface area contributed by atoms with Gasteiger partial charge in [0.05, 0.1) is 11.4 Å². The van der Waals surface area contributed by atoms with E-state index in [0.29, 0.717) is 16.4 Å². The number of hydrogen-bond donors (Lipinski definition) is 0. The van der Waals surface area contributed by atoms with E-state index in [4.69, 9.17) is 0 Å². The summed E-state index contributed by atoms with van der Waals surface area (Å²) in [5, 5.41) is 15.1. The topological polar surface area (TPSA) is 81.2 Å². The molecular formula is C20H21N7OS2. The third-order valence-electron chi connectivity index (χ3n) is 5.01. The summed E-state index contributed by atoms with van der Waals surface area (Å²) in [5.41, 5.74) is 1.60. The summed E-state index contributed by atoms with van der Waals surface area (Å²) in [6.45, 7) is 3.82. The van der Waals surface area contributed by atoms with Crippen molar-refractivity contribution in [3.63, 3.8) is 0 Å². The van der Waals surface area contributed by atoms with Crippen LogP contribution in [0, 0.1) is 6.92 Å². The Morgan fingerprint density at radius 3 is 2.70 bits per heavy atom. The molecule has 30 heavy (non-hydrogen) atoms. The first-order chi connectivity index (χ1) is 14.7. The molecule has 4 heterocycles. The van der Waals surface area contributed by atoms with Gasteiger partial charge in [-0.25, -0.2) is 4.98 Å². The van der Waals surface area contributed by atoms with Crippen molar-refractivity contribution < 1.29 is 0 Å². The maximum absolute atomic E-state index is 12.1. The molecule has 0 N–H and O–H groups in total. The quantitative estimate of drug-likeness (QED) is 0.441. The van der Waals surface area contributed by atoms with Gasteiger partial charge in [-0.1, -0.05) is 41.3 Å². The zero-order chi connectivity index (χ0) is 20.5. The lowest BCUT2D eigenvalue weighted by Crippen LogP contribution is -2.31. The van der Waals surface area contributed by atoms with Crippen molar-refractivity contribution in [2.75, 3.05) is 18.0 Å². The van der Waals surface area contributed by atoms with Crippen molar-refractivity contribution >= 4 is 34.0 Å². The second-order valence-corrected chi connectivity index (χ2v) is 9.20. The van der Waals surface area contributed by atoms with Crippen LogP contribution in [0.2, 0.25) is 0 Å². The molecule has 8 nitrogen and oxygen atoms in total. The van der Waals surface area contributed by atoms with E-state index in [2.05, 4.69) is 41.9 Å². The monoisotopic (exact) mass is 439 g/mol. The number of aromatic nitrogens is 6. The maximum Gasteiger partial charge on any atom is 0.275 e. The van der Waals surface area contributed by atoms with Gasteiger partial charge in [0.25, 0.3) is 5.56 Å². The molecule has 0 bridgehead atoms. The number of hydrogen-bond acceptors (Lipinski definition) is 8. The van der Waals surface area contributed by atoms with Crippen molar-refractivity contribution in [1.82, 2.24) is 29.4 Å². The Morgan fingerprint density at radius 1 is 1.10 bits per heavy atom. The van der Waals surface area contributed by atoms with Crippen molar-refractivity contribution in [1.29, 1.82) is 0 Å². The molecule has 0 saturated carbocycles. The molecule has 4 aromatic rings. The largest absolute Gasteiger partial charge is 0.341 e. The van der Waals surface area contributed by atoms with E-state index in [-0.39, 0.29) is 5.56 Å². The fourth-order valence-corrected chi connectivity index (χ4v) is 5.48. The first-order valence-electron chi connectivity index (χ1n) is 9.94. The van der Waals surface area contributed by atoms with Crippen LogP contribution in [-0.4, -0.2) is 42.5 Å². The van der Waals surface area contributed by atoms with Gasteiger partial charge in [-0.15, -0.1) is 10.2 Å². The zero-order valence-electron chi connectivity index (χ0n) is 16.6. The predicted molar refractivity (Wildman–Crippen MR) is 119 cm³/mol. The van der Waals surface area contributed by atoms with E-state index in [0.717, 1.165) is 34.9 Å². The van der Waals surface area contributed by atoms with Crippen molar-refractivity contribution in [3.8, 4) is 5.69 Å². The van der Waals surface area contributed by atoms with Gasteiger partial charge in [-0.2, -0.15) is 9.61 Å². The number of aryl methyl sites for hydroxylation is 1. The second-order valence-electron chi connectivity index (χ2n) is 7.22. The Hall–Kier alpha value is -2.72. The van der Waals surface area contributed by atoms with E-state index < -0.39 is 0 Å². The summed E-state index contributed by atoms with van der Waals surface area (Å²) in [6.07, 6.45) is 3.62. The number of para-hydroxylation sites is 1. The van der Waals surface area contributed by atoms with E-state index in [9.17, 15) is 4.79 Å². The van der Waals surface area contributed by atoms with Crippen molar-refractivity contribution in [2.24, 2.45) is 0 Å². The lowest BCUT2D eigenvalue weighted by Gasteiger charge is -2.27. The summed E-state index contributed by atoms with van der Waals surface area (Å²) >= 11 is 3.01. The smallest absolute Gasteiger partial charge is 0.275 e. The second kappa shape index (κ2) is 8.19. The molecule has 5 rings (SSSR count). The number of rotatable bonds is 5. The van der Waals surface area contributed by atoms with Crippen molar-refractivity contribution in [2.45, 2.75) is 37.1 Å². The minimum atomic E-state index is -0.148. The summed E-state index contributed by atoms with van der Waals surface area (Å²) in [4.78, 5) is 19.5. The maximum atomic E-state index is 12.1. The molecule has 154 valence electrons. The van der Waals surface area contributed by atoms with Crippen LogP contribution in [0.15, 0.2) is 46.3 Å². The summed E-state index contributed by atoms with van der Waals surface area (Å²) in [6, 6.07) is 11.7. The van der Waals surface area contributed by atoms with Crippen LogP contribution in [0.1, 0.15) is 30.0 Å². The predicted octanol–water partition coefficient (Wildman–Crippen LogP) is 3.32. The molecule has 1 aliphatic heterocycles. The molecule has 1 saturated heterocycles. The fourth-order valence-electron chi connectivity index (χ4n) is 3.60.